The first-order chi connectivity index (χ1) is 5.34. The molecule has 1 rings (SSSR count). The lowest BCUT2D eigenvalue weighted by Gasteiger charge is -2.14. The standard InChI is InChI=1S/C8H12INO2/c1-8(2,3)6-4(9)5(11)7(10)12-6/h11H,10H2,1-3H3. The van der Waals surface area contributed by atoms with E-state index in [4.69, 9.17) is 10.2 Å². The van der Waals surface area contributed by atoms with E-state index < -0.39 is 0 Å². The van der Waals surface area contributed by atoms with Gasteiger partial charge in [0.05, 0.1) is 3.57 Å². The van der Waals surface area contributed by atoms with Crippen LogP contribution in [0.1, 0.15) is 26.5 Å². The highest BCUT2D eigenvalue weighted by Crippen LogP contribution is 2.38. The maximum Gasteiger partial charge on any atom is 0.234 e. The first-order valence-electron chi connectivity index (χ1n) is 3.61. The smallest absolute Gasteiger partial charge is 0.234 e. The average molecular weight is 281 g/mol. The topological polar surface area (TPSA) is 59.4 Å². The molecule has 0 radical (unpaired) electrons. The number of nitrogens with two attached hydrogens (primary N) is 1. The van der Waals surface area contributed by atoms with Gasteiger partial charge in [-0.1, -0.05) is 20.8 Å². The quantitative estimate of drug-likeness (QED) is 0.718. The van der Waals surface area contributed by atoms with Gasteiger partial charge in [-0.25, -0.2) is 0 Å². The molecule has 1 heterocycles. The average Bonchev–Trinajstić information content (AvgIpc) is 2.15. The molecule has 1 aromatic heterocycles. The predicted octanol–water partition coefficient (Wildman–Crippen LogP) is 2.47. The van der Waals surface area contributed by atoms with Crippen LogP contribution in [-0.4, -0.2) is 5.11 Å². The molecule has 12 heavy (non-hydrogen) atoms. The normalized spacial score (nSPS) is 12.0. The number of anilines is 1. The van der Waals surface area contributed by atoms with Crippen molar-refractivity contribution in [1.29, 1.82) is 0 Å². The molecule has 68 valence electrons. The fourth-order valence-corrected chi connectivity index (χ4v) is 2.09. The minimum atomic E-state index is -0.119. The van der Waals surface area contributed by atoms with Gasteiger partial charge in [0, 0.05) is 5.41 Å². The number of hydrogen-bond acceptors (Lipinski definition) is 3. The Balaban J connectivity index is 3.28. The van der Waals surface area contributed by atoms with Crippen LogP contribution in [0, 0.1) is 3.57 Å². The summed E-state index contributed by atoms with van der Waals surface area (Å²) < 4.78 is 5.94. The lowest BCUT2D eigenvalue weighted by atomic mass is 9.93. The van der Waals surface area contributed by atoms with Crippen molar-refractivity contribution in [3.8, 4) is 5.75 Å². The van der Waals surface area contributed by atoms with Crippen molar-refractivity contribution < 1.29 is 9.52 Å². The Labute approximate surface area is 85.1 Å². The number of furan rings is 1. The summed E-state index contributed by atoms with van der Waals surface area (Å²) >= 11 is 2.03. The van der Waals surface area contributed by atoms with Crippen LogP contribution in [-0.2, 0) is 5.41 Å². The number of nitrogen functional groups attached to an aromatic ring is 1. The number of rotatable bonds is 0. The molecule has 0 saturated carbocycles. The van der Waals surface area contributed by atoms with Gasteiger partial charge in [0.1, 0.15) is 5.76 Å². The van der Waals surface area contributed by atoms with E-state index in [1.165, 1.54) is 0 Å². The molecular formula is C8H12INO2. The van der Waals surface area contributed by atoms with Crippen LogP contribution in [0.5, 0.6) is 5.75 Å². The van der Waals surface area contributed by atoms with Gasteiger partial charge in [0.25, 0.3) is 0 Å². The summed E-state index contributed by atoms with van der Waals surface area (Å²) in [5, 5.41) is 9.36. The lowest BCUT2D eigenvalue weighted by molar-refractivity contribution is 0.413. The minimum Gasteiger partial charge on any atom is -0.502 e. The molecule has 0 bridgehead atoms. The highest BCUT2D eigenvalue weighted by Gasteiger charge is 2.25. The van der Waals surface area contributed by atoms with Gasteiger partial charge < -0.3 is 15.3 Å². The second-order valence-corrected chi connectivity index (χ2v) is 4.79. The van der Waals surface area contributed by atoms with E-state index in [9.17, 15) is 5.11 Å². The molecule has 0 spiro atoms. The van der Waals surface area contributed by atoms with Gasteiger partial charge >= 0.3 is 0 Å². The molecule has 0 unspecified atom stereocenters. The molecule has 0 aliphatic rings. The van der Waals surface area contributed by atoms with E-state index in [2.05, 4.69) is 0 Å². The third-order valence-electron chi connectivity index (χ3n) is 1.53. The third-order valence-corrected chi connectivity index (χ3v) is 2.53. The molecule has 0 aromatic carbocycles. The Hall–Kier alpha value is -0.390. The second kappa shape index (κ2) is 2.83. The van der Waals surface area contributed by atoms with E-state index in [1.807, 2.05) is 43.4 Å². The maximum atomic E-state index is 9.36. The van der Waals surface area contributed by atoms with Crippen LogP contribution in [0.15, 0.2) is 4.42 Å². The van der Waals surface area contributed by atoms with Crippen molar-refractivity contribution >= 4 is 28.5 Å². The van der Waals surface area contributed by atoms with Crippen LogP contribution in [0.25, 0.3) is 0 Å². The van der Waals surface area contributed by atoms with Crippen molar-refractivity contribution in [3.63, 3.8) is 0 Å². The van der Waals surface area contributed by atoms with E-state index >= 15 is 0 Å². The third kappa shape index (κ3) is 1.53. The van der Waals surface area contributed by atoms with Gasteiger partial charge in [-0.05, 0) is 22.6 Å². The highest BCUT2D eigenvalue weighted by molar-refractivity contribution is 14.1. The molecule has 0 aliphatic carbocycles. The summed E-state index contributed by atoms with van der Waals surface area (Å²) in [6.07, 6.45) is 0. The second-order valence-electron chi connectivity index (χ2n) is 3.71. The molecule has 0 amide bonds. The highest BCUT2D eigenvalue weighted by atomic mass is 127. The zero-order chi connectivity index (χ0) is 9.52. The Morgan fingerprint density at radius 2 is 1.92 bits per heavy atom. The van der Waals surface area contributed by atoms with E-state index in [-0.39, 0.29) is 17.0 Å². The molecule has 0 aliphatic heterocycles. The van der Waals surface area contributed by atoms with Crippen LogP contribution >= 0.6 is 22.6 Å². The summed E-state index contributed by atoms with van der Waals surface area (Å²) in [6, 6.07) is 0. The van der Waals surface area contributed by atoms with Crippen LogP contribution in [0.3, 0.4) is 0 Å². The largest absolute Gasteiger partial charge is 0.502 e. The van der Waals surface area contributed by atoms with Gasteiger partial charge in [0.15, 0.2) is 5.75 Å². The van der Waals surface area contributed by atoms with Crippen molar-refractivity contribution in [3.05, 3.63) is 9.33 Å². The Bertz CT molecular complexity index is 299. The lowest BCUT2D eigenvalue weighted by Crippen LogP contribution is -2.11. The van der Waals surface area contributed by atoms with Crippen molar-refractivity contribution in [2.75, 3.05) is 5.73 Å². The van der Waals surface area contributed by atoms with Crippen LogP contribution in [0.2, 0.25) is 0 Å². The monoisotopic (exact) mass is 281 g/mol. The number of aromatic hydroxyl groups is 1. The van der Waals surface area contributed by atoms with Crippen LogP contribution < -0.4 is 5.73 Å². The summed E-state index contributed by atoms with van der Waals surface area (Å²) in [6.45, 7) is 6.02. The summed E-state index contributed by atoms with van der Waals surface area (Å²) in [4.78, 5) is 0. The van der Waals surface area contributed by atoms with Crippen molar-refractivity contribution in [2.45, 2.75) is 26.2 Å². The van der Waals surface area contributed by atoms with Gasteiger partial charge in [0.2, 0.25) is 5.88 Å². The molecule has 0 atom stereocenters. The van der Waals surface area contributed by atoms with E-state index in [0.29, 0.717) is 3.57 Å². The SMILES string of the molecule is CC(C)(C)c1oc(N)c(O)c1I. The zero-order valence-corrected chi connectivity index (χ0v) is 9.47. The van der Waals surface area contributed by atoms with Gasteiger partial charge in [-0.3, -0.25) is 0 Å². The predicted molar refractivity (Wildman–Crippen MR) is 56.2 cm³/mol. The van der Waals surface area contributed by atoms with E-state index in [0.717, 1.165) is 5.76 Å². The Kier molecular flexibility index (Phi) is 2.29. The molecule has 3 N–H and O–H groups in total. The van der Waals surface area contributed by atoms with E-state index in [1.54, 1.807) is 0 Å². The molecule has 4 heteroatoms. The van der Waals surface area contributed by atoms with Gasteiger partial charge in [-0.15, -0.1) is 0 Å². The number of halogens is 1. The zero-order valence-electron chi connectivity index (χ0n) is 7.31. The van der Waals surface area contributed by atoms with Crippen molar-refractivity contribution in [2.24, 2.45) is 0 Å². The summed E-state index contributed by atoms with van der Waals surface area (Å²) in [5.74, 6) is 0.892. The maximum absolute atomic E-state index is 9.36. The molecular weight excluding hydrogens is 269 g/mol. The first-order valence-corrected chi connectivity index (χ1v) is 4.69. The fourth-order valence-electron chi connectivity index (χ4n) is 0.901. The number of hydrogen-bond donors (Lipinski definition) is 2. The first kappa shape index (κ1) is 9.70. The Morgan fingerprint density at radius 3 is 2.08 bits per heavy atom. The van der Waals surface area contributed by atoms with Crippen LogP contribution in [0.4, 0.5) is 5.88 Å². The molecule has 0 saturated heterocycles. The summed E-state index contributed by atoms with van der Waals surface area (Å²) in [7, 11) is 0. The molecule has 3 nitrogen and oxygen atoms in total. The molecule has 1 aromatic rings. The van der Waals surface area contributed by atoms with Crippen molar-refractivity contribution in [1.82, 2.24) is 0 Å². The Morgan fingerprint density at radius 1 is 1.42 bits per heavy atom. The minimum absolute atomic E-state index is 0.0560. The molecule has 0 fully saturated rings. The van der Waals surface area contributed by atoms with Gasteiger partial charge in [-0.2, -0.15) is 0 Å². The fraction of sp³-hybridized carbons (Fsp3) is 0.500. The summed E-state index contributed by atoms with van der Waals surface area (Å²) in [5.41, 5.74) is 5.30.